The number of amides is 1. The van der Waals surface area contributed by atoms with Crippen LogP contribution in [0.25, 0.3) is 0 Å². The molecule has 1 saturated heterocycles. The van der Waals surface area contributed by atoms with E-state index in [1.54, 1.807) is 23.1 Å². The zero-order chi connectivity index (χ0) is 15.9. The van der Waals surface area contributed by atoms with Crippen LogP contribution in [0.5, 0.6) is 0 Å². The average Bonchev–Trinajstić information content (AvgIpc) is 3.19. The summed E-state index contributed by atoms with van der Waals surface area (Å²) in [6.45, 7) is 0. The molecule has 0 aromatic heterocycles. The zero-order valence-electron chi connectivity index (χ0n) is 12.0. The van der Waals surface area contributed by atoms with Gasteiger partial charge in [-0.15, -0.1) is 0 Å². The molecule has 22 heavy (non-hydrogen) atoms. The number of sulfone groups is 1. The van der Waals surface area contributed by atoms with Crippen molar-refractivity contribution in [1.82, 2.24) is 4.90 Å². The minimum atomic E-state index is -3.00. The Morgan fingerprint density at radius 3 is 2.41 bits per heavy atom. The van der Waals surface area contributed by atoms with Gasteiger partial charge in [0, 0.05) is 12.1 Å². The summed E-state index contributed by atoms with van der Waals surface area (Å²) in [6.07, 6.45) is 2.70. The van der Waals surface area contributed by atoms with Crippen molar-refractivity contribution in [2.45, 2.75) is 37.8 Å². The van der Waals surface area contributed by atoms with Crippen LogP contribution in [0.3, 0.4) is 0 Å². The molecule has 1 aliphatic heterocycles. The maximum Gasteiger partial charge on any atom is 0.227 e. The van der Waals surface area contributed by atoms with Gasteiger partial charge in [-0.25, -0.2) is 8.42 Å². The van der Waals surface area contributed by atoms with Gasteiger partial charge in [-0.05, 0) is 37.0 Å². The van der Waals surface area contributed by atoms with Crippen molar-refractivity contribution in [1.29, 1.82) is 0 Å². The Morgan fingerprint density at radius 1 is 1.14 bits per heavy atom. The van der Waals surface area contributed by atoms with Crippen molar-refractivity contribution < 1.29 is 13.2 Å². The van der Waals surface area contributed by atoms with Crippen molar-refractivity contribution in [3.8, 4) is 0 Å². The number of nitrogens with zero attached hydrogens (tertiary/aromatic N) is 1. The van der Waals surface area contributed by atoms with Crippen LogP contribution < -0.4 is 0 Å². The van der Waals surface area contributed by atoms with Crippen LogP contribution in [0.2, 0.25) is 10.0 Å². The minimum absolute atomic E-state index is 0.0250. The third-order valence-electron chi connectivity index (χ3n) is 4.17. The van der Waals surface area contributed by atoms with E-state index >= 15 is 0 Å². The molecule has 0 bridgehead atoms. The normalized spacial score (nSPS) is 23.5. The van der Waals surface area contributed by atoms with Gasteiger partial charge in [0.15, 0.2) is 9.84 Å². The van der Waals surface area contributed by atoms with Crippen LogP contribution in [-0.2, 0) is 21.1 Å². The first-order valence-corrected chi connectivity index (χ1v) is 9.89. The van der Waals surface area contributed by atoms with Gasteiger partial charge in [-0.1, -0.05) is 29.3 Å². The zero-order valence-corrected chi connectivity index (χ0v) is 14.3. The first-order valence-electron chi connectivity index (χ1n) is 7.31. The lowest BCUT2D eigenvalue weighted by Crippen LogP contribution is -2.43. The molecular weight excluding hydrogens is 345 g/mol. The van der Waals surface area contributed by atoms with Gasteiger partial charge in [0.25, 0.3) is 0 Å². The third kappa shape index (κ3) is 3.58. The molecule has 1 aliphatic carbocycles. The van der Waals surface area contributed by atoms with Gasteiger partial charge >= 0.3 is 0 Å². The molecule has 7 heteroatoms. The fourth-order valence-corrected chi connectivity index (χ4v) is 5.00. The number of hydrogen-bond acceptors (Lipinski definition) is 3. The Kier molecular flexibility index (Phi) is 4.40. The Morgan fingerprint density at radius 2 is 1.86 bits per heavy atom. The minimum Gasteiger partial charge on any atom is -0.335 e. The number of hydrogen-bond donors (Lipinski definition) is 0. The second-order valence-corrected chi connectivity index (χ2v) is 9.06. The lowest BCUT2D eigenvalue weighted by Gasteiger charge is -2.28. The van der Waals surface area contributed by atoms with Gasteiger partial charge < -0.3 is 4.90 Å². The van der Waals surface area contributed by atoms with Gasteiger partial charge in [-0.2, -0.15) is 0 Å². The molecule has 0 N–H and O–H groups in total. The number of benzene rings is 1. The topological polar surface area (TPSA) is 54.5 Å². The SMILES string of the molecule is O=C(Cc1ccc(Cl)c(Cl)c1)N(C1CC1)[C@H]1CCS(=O)(=O)C1. The van der Waals surface area contributed by atoms with Gasteiger partial charge in [0.1, 0.15) is 0 Å². The van der Waals surface area contributed by atoms with Crippen LogP contribution in [0.4, 0.5) is 0 Å². The molecule has 1 amide bonds. The van der Waals surface area contributed by atoms with Crippen LogP contribution >= 0.6 is 23.2 Å². The molecule has 2 aliphatic rings. The standard InChI is InChI=1S/C15H17Cl2NO3S/c16-13-4-1-10(7-14(13)17)8-15(19)18(11-2-3-11)12-5-6-22(20,21)9-12/h1,4,7,11-12H,2-3,5-6,8-9H2/t12-/m0/s1. The van der Waals surface area contributed by atoms with E-state index in [0.29, 0.717) is 16.5 Å². The summed E-state index contributed by atoms with van der Waals surface area (Å²) in [5, 5.41) is 0.882. The van der Waals surface area contributed by atoms with E-state index in [9.17, 15) is 13.2 Å². The highest BCUT2D eigenvalue weighted by Gasteiger charge is 2.41. The van der Waals surface area contributed by atoms with Gasteiger partial charge in [0.2, 0.25) is 5.91 Å². The molecule has 120 valence electrons. The largest absolute Gasteiger partial charge is 0.335 e. The number of halogens is 2. The second-order valence-electron chi connectivity index (χ2n) is 6.01. The highest BCUT2D eigenvalue weighted by Crippen LogP contribution is 2.33. The van der Waals surface area contributed by atoms with Crippen molar-refractivity contribution in [2.24, 2.45) is 0 Å². The lowest BCUT2D eigenvalue weighted by atomic mass is 10.1. The quantitative estimate of drug-likeness (QED) is 0.828. The molecule has 2 fully saturated rings. The highest BCUT2D eigenvalue weighted by molar-refractivity contribution is 7.91. The molecule has 4 nitrogen and oxygen atoms in total. The molecule has 1 heterocycles. The fourth-order valence-electron chi connectivity index (χ4n) is 2.97. The summed E-state index contributed by atoms with van der Waals surface area (Å²) >= 11 is 11.9. The number of rotatable bonds is 4. The molecular formula is C15H17Cl2NO3S. The predicted octanol–water partition coefficient (Wildman–Crippen LogP) is 2.71. The molecule has 1 saturated carbocycles. The van der Waals surface area contributed by atoms with E-state index in [4.69, 9.17) is 23.2 Å². The summed E-state index contributed by atoms with van der Waals surface area (Å²) in [5.41, 5.74) is 0.797. The van der Waals surface area contributed by atoms with E-state index < -0.39 is 9.84 Å². The summed E-state index contributed by atoms with van der Waals surface area (Å²) in [6, 6.07) is 5.18. The monoisotopic (exact) mass is 361 g/mol. The van der Waals surface area contributed by atoms with Gasteiger partial charge in [-0.3, -0.25) is 4.79 Å². The molecule has 0 radical (unpaired) electrons. The first kappa shape index (κ1) is 16.1. The van der Waals surface area contributed by atoms with Crippen LogP contribution in [0, 0.1) is 0 Å². The van der Waals surface area contributed by atoms with Crippen molar-refractivity contribution in [3.63, 3.8) is 0 Å². The Hall–Kier alpha value is -0.780. The smallest absolute Gasteiger partial charge is 0.227 e. The summed E-state index contributed by atoms with van der Waals surface area (Å²) in [5.74, 6) is 0.250. The van der Waals surface area contributed by atoms with E-state index in [1.807, 2.05) is 0 Å². The van der Waals surface area contributed by atoms with Crippen LogP contribution in [0.15, 0.2) is 18.2 Å². The highest BCUT2D eigenvalue weighted by atomic mass is 35.5. The molecule has 1 aromatic rings. The molecule has 3 rings (SSSR count). The van der Waals surface area contributed by atoms with E-state index in [-0.39, 0.29) is 35.9 Å². The maximum absolute atomic E-state index is 12.6. The Labute approximate surface area is 140 Å². The summed E-state index contributed by atoms with van der Waals surface area (Å²) in [4.78, 5) is 14.4. The van der Waals surface area contributed by atoms with E-state index in [1.165, 1.54) is 0 Å². The maximum atomic E-state index is 12.6. The molecule has 0 unspecified atom stereocenters. The third-order valence-corrected chi connectivity index (χ3v) is 6.66. The number of carbonyl (C=O) groups excluding carboxylic acids is 1. The second kappa shape index (κ2) is 6.02. The summed E-state index contributed by atoms with van der Waals surface area (Å²) in [7, 11) is -3.00. The van der Waals surface area contributed by atoms with Gasteiger partial charge in [0.05, 0.1) is 28.0 Å². The van der Waals surface area contributed by atoms with Crippen molar-refractivity contribution >= 4 is 38.9 Å². The fraction of sp³-hybridized carbons (Fsp3) is 0.533. The van der Waals surface area contributed by atoms with Crippen molar-refractivity contribution in [3.05, 3.63) is 33.8 Å². The Balaban J connectivity index is 1.74. The van der Waals surface area contributed by atoms with Crippen LogP contribution in [-0.4, -0.2) is 42.8 Å². The van der Waals surface area contributed by atoms with Crippen molar-refractivity contribution in [2.75, 3.05) is 11.5 Å². The first-order chi connectivity index (χ1) is 10.4. The average molecular weight is 362 g/mol. The van der Waals surface area contributed by atoms with E-state index in [2.05, 4.69) is 0 Å². The lowest BCUT2D eigenvalue weighted by molar-refractivity contribution is -0.133. The number of carbonyl (C=O) groups is 1. The van der Waals surface area contributed by atoms with E-state index in [0.717, 1.165) is 18.4 Å². The summed E-state index contributed by atoms with van der Waals surface area (Å²) < 4.78 is 23.4. The molecule has 0 spiro atoms. The Bertz CT molecular complexity index is 701. The van der Waals surface area contributed by atoms with Crippen LogP contribution in [0.1, 0.15) is 24.8 Å². The molecule has 1 aromatic carbocycles. The predicted molar refractivity (Wildman–Crippen MR) is 87.1 cm³/mol. The molecule has 1 atom stereocenters.